The van der Waals surface area contributed by atoms with E-state index < -0.39 is 0 Å². The Labute approximate surface area is 149 Å². The summed E-state index contributed by atoms with van der Waals surface area (Å²) >= 11 is 3.41. The van der Waals surface area contributed by atoms with E-state index in [4.69, 9.17) is 0 Å². The van der Waals surface area contributed by atoms with Gasteiger partial charge in [-0.15, -0.1) is 22.7 Å². The van der Waals surface area contributed by atoms with Crippen molar-refractivity contribution in [2.75, 3.05) is 20.1 Å². The summed E-state index contributed by atoms with van der Waals surface area (Å²) in [5.74, 6) is -0.270. The van der Waals surface area contributed by atoms with Crippen molar-refractivity contribution < 1.29 is 9.59 Å². The molecule has 3 heterocycles. The molecule has 0 atom stereocenters. The molecule has 24 heavy (non-hydrogen) atoms. The fraction of sp³-hybridized carbons (Fsp3) is 0.353. The van der Waals surface area contributed by atoms with E-state index in [1.807, 2.05) is 11.8 Å². The van der Waals surface area contributed by atoms with Crippen LogP contribution in [0.1, 0.15) is 15.4 Å². The minimum absolute atomic E-state index is 0.0318. The van der Waals surface area contributed by atoms with Gasteiger partial charge in [-0.3, -0.25) is 9.59 Å². The van der Waals surface area contributed by atoms with Crippen molar-refractivity contribution in [3.8, 4) is 10.6 Å². The Hall–Kier alpha value is -1.99. The number of aryl methyl sites for hydroxylation is 1. The van der Waals surface area contributed by atoms with Crippen molar-refractivity contribution in [1.29, 1.82) is 0 Å². The van der Waals surface area contributed by atoms with E-state index in [-0.39, 0.29) is 18.4 Å². The molecular weight excluding hydrogens is 342 g/mol. The van der Waals surface area contributed by atoms with E-state index in [1.54, 1.807) is 29.7 Å². The van der Waals surface area contributed by atoms with Crippen LogP contribution in [0.25, 0.3) is 10.6 Å². The standard InChI is InChI=1S/C17H19N3O2S2/c1-4-16(21)19(3)9-17(22)20-6-5-14-12(8-20)7-15(24-14)13-10-23-11(2)18-13/h4,7,10H,1,5-6,8-9H2,2-3H3. The molecule has 2 aromatic rings. The van der Waals surface area contributed by atoms with Crippen LogP contribution in [-0.4, -0.2) is 46.7 Å². The maximum Gasteiger partial charge on any atom is 0.246 e. The first-order valence-corrected chi connectivity index (χ1v) is 9.37. The Bertz CT molecular complexity index is 794. The first-order valence-electron chi connectivity index (χ1n) is 7.67. The summed E-state index contributed by atoms with van der Waals surface area (Å²) in [6.45, 7) is 6.83. The Balaban J connectivity index is 1.70. The van der Waals surface area contributed by atoms with E-state index >= 15 is 0 Å². The molecule has 0 aromatic carbocycles. The highest BCUT2D eigenvalue weighted by Gasteiger charge is 2.24. The number of rotatable bonds is 4. The van der Waals surface area contributed by atoms with Gasteiger partial charge in [0, 0.05) is 30.4 Å². The number of thiazole rings is 1. The van der Waals surface area contributed by atoms with Crippen molar-refractivity contribution in [3.05, 3.63) is 39.5 Å². The summed E-state index contributed by atoms with van der Waals surface area (Å²) in [7, 11) is 1.62. The summed E-state index contributed by atoms with van der Waals surface area (Å²) in [6.07, 6.45) is 2.08. The highest BCUT2D eigenvalue weighted by Crippen LogP contribution is 2.35. The molecule has 2 amide bonds. The Morgan fingerprint density at radius 3 is 2.96 bits per heavy atom. The topological polar surface area (TPSA) is 53.5 Å². The first kappa shape index (κ1) is 16.9. The maximum atomic E-state index is 12.4. The van der Waals surface area contributed by atoms with Crippen LogP contribution in [0.5, 0.6) is 0 Å². The Kier molecular flexibility index (Phi) is 4.82. The predicted molar refractivity (Wildman–Crippen MR) is 97.1 cm³/mol. The van der Waals surface area contributed by atoms with Crippen molar-refractivity contribution in [2.45, 2.75) is 19.9 Å². The van der Waals surface area contributed by atoms with Gasteiger partial charge in [-0.05, 0) is 31.1 Å². The van der Waals surface area contributed by atoms with Crippen LogP contribution in [0.3, 0.4) is 0 Å². The molecule has 0 radical (unpaired) electrons. The molecule has 2 aromatic heterocycles. The van der Waals surface area contributed by atoms with Gasteiger partial charge in [-0.2, -0.15) is 0 Å². The third-order valence-corrected chi connectivity index (χ3v) is 6.05. The number of aromatic nitrogens is 1. The van der Waals surface area contributed by atoms with Crippen LogP contribution < -0.4 is 0 Å². The number of amides is 2. The van der Waals surface area contributed by atoms with Gasteiger partial charge in [0.05, 0.1) is 22.1 Å². The number of hydrogen-bond acceptors (Lipinski definition) is 5. The molecule has 0 saturated heterocycles. The van der Waals surface area contributed by atoms with Gasteiger partial charge in [0.15, 0.2) is 0 Å². The van der Waals surface area contributed by atoms with E-state index in [0.29, 0.717) is 13.1 Å². The lowest BCUT2D eigenvalue weighted by atomic mass is 10.1. The lowest BCUT2D eigenvalue weighted by Gasteiger charge is -2.28. The van der Waals surface area contributed by atoms with Crippen LogP contribution in [0.15, 0.2) is 24.1 Å². The predicted octanol–water partition coefficient (Wildman–Crippen LogP) is 2.71. The van der Waals surface area contributed by atoms with Crippen LogP contribution in [0, 0.1) is 6.92 Å². The molecular formula is C17H19N3O2S2. The molecule has 7 heteroatoms. The molecule has 0 unspecified atom stereocenters. The monoisotopic (exact) mass is 361 g/mol. The van der Waals surface area contributed by atoms with Gasteiger partial charge in [0.25, 0.3) is 0 Å². The van der Waals surface area contributed by atoms with Crippen molar-refractivity contribution in [3.63, 3.8) is 0 Å². The number of carbonyl (C=O) groups is 2. The molecule has 0 fully saturated rings. The quantitative estimate of drug-likeness (QED) is 0.787. The highest BCUT2D eigenvalue weighted by atomic mass is 32.1. The van der Waals surface area contributed by atoms with Crippen molar-refractivity contribution in [2.24, 2.45) is 0 Å². The average molecular weight is 361 g/mol. The second-order valence-electron chi connectivity index (χ2n) is 5.77. The summed E-state index contributed by atoms with van der Waals surface area (Å²) < 4.78 is 0. The molecule has 3 rings (SSSR count). The van der Waals surface area contributed by atoms with Crippen molar-refractivity contribution in [1.82, 2.24) is 14.8 Å². The fourth-order valence-electron chi connectivity index (χ4n) is 2.69. The average Bonchev–Trinajstić information content (AvgIpc) is 3.18. The summed E-state index contributed by atoms with van der Waals surface area (Å²) in [5.41, 5.74) is 2.21. The molecule has 0 aliphatic carbocycles. The third kappa shape index (κ3) is 3.42. The molecule has 0 N–H and O–H groups in total. The lowest BCUT2D eigenvalue weighted by molar-refractivity contribution is -0.137. The Morgan fingerprint density at radius 2 is 2.29 bits per heavy atom. The third-order valence-electron chi connectivity index (χ3n) is 4.01. The van der Waals surface area contributed by atoms with E-state index in [1.165, 1.54) is 21.4 Å². The minimum atomic E-state index is -0.238. The SMILES string of the molecule is C=CC(=O)N(C)CC(=O)N1CCc2sc(-c3csc(C)n3)cc2C1. The first-order chi connectivity index (χ1) is 11.5. The zero-order chi connectivity index (χ0) is 17.3. The minimum Gasteiger partial charge on any atom is -0.336 e. The number of hydrogen-bond donors (Lipinski definition) is 0. The Morgan fingerprint density at radius 1 is 1.50 bits per heavy atom. The highest BCUT2D eigenvalue weighted by molar-refractivity contribution is 7.16. The van der Waals surface area contributed by atoms with Gasteiger partial charge < -0.3 is 9.80 Å². The summed E-state index contributed by atoms with van der Waals surface area (Å²) in [5, 5.41) is 3.13. The molecule has 1 aliphatic rings. The van der Waals surface area contributed by atoms with Crippen LogP contribution in [0.2, 0.25) is 0 Å². The van der Waals surface area contributed by atoms with Gasteiger partial charge in [0.2, 0.25) is 11.8 Å². The molecule has 1 aliphatic heterocycles. The second kappa shape index (κ2) is 6.86. The normalized spacial score (nSPS) is 13.5. The van der Waals surface area contributed by atoms with Crippen molar-refractivity contribution >= 4 is 34.5 Å². The molecule has 0 spiro atoms. The van der Waals surface area contributed by atoms with Crippen LogP contribution >= 0.6 is 22.7 Å². The van der Waals surface area contributed by atoms with E-state index in [2.05, 4.69) is 23.0 Å². The molecule has 5 nitrogen and oxygen atoms in total. The zero-order valence-corrected chi connectivity index (χ0v) is 15.4. The maximum absolute atomic E-state index is 12.4. The van der Waals surface area contributed by atoms with Gasteiger partial charge in [-0.1, -0.05) is 6.58 Å². The number of likely N-dealkylation sites (N-methyl/N-ethyl adjacent to an activating group) is 1. The summed E-state index contributed by atoms with van der Waals surface area (Å²) in [6, 6.07) is 2.15. The van der Waals surface area contributed by atoms with Crippen LogP contribution in [-0.2, 0) is 22.6 Å². The molecule has 0 saturated carbocycles. The summed E-state index contributed by atoms with van der Waals surface area (Å²) in [4.78, 5) is 34.2. The fourth-order valence-corrected chi connectivity index (χ4v) is 4.50. The van der Waals surface area contributed by atoms with E-state index in [0.717, 1.165) is 22.0 Å². The van der Waals surface area contributed by atoms with Gasteiger partial charge >= 0.3 is 0 Å². The second-order valence-corrected chi connectivity index (χ2v) is 7.97. The lowest BCUT2D eigenvalue weighted by Crippen LogP contribution is -2.42. The molecule has 0 bridgehead atoms. The largest absolute Gasteiger partial charge is 0.336 e. The van der Waals surface area contributed by atoms with Gasteiger partial charge in [0.1, 0.15) is 0 Å². The van der Waals surface area contributed by atoms with Gasteiger partial charge in [-0.25, -0.2) is 4.98 Å². The number of nitrogens with zero attached hydrogens (tertiary/aromatic N) is 3. The number of thiophene rings is 1. The zero-order valence-electron chi connectivity index (χ0n) is 13.7. The van der Waals surface area contributed by atoms with E-state index in [9.17, 15) is 9.59 Å². The molecule has 126 valence electrons. The number of fused-ring (bicyclic) bond motifs is 1. The smallest absolute Gasteiger partial charge is 0.246 e. The van der Waals surface area contributed by atoms with Crippen LogP contribution in [0.4, 0.5) is 0 Å². The number of carbonyl (C=O) groups excluding carboxylic acids is 2.